The normalized spacial score (nSPS) is 14.8. The van der Waals surface area contributed by atoms with Crippen molar-refractivity contribution in [1.29, 1.82) is 0 Å². The first-order valence-electron chi connectivity index (χ1n) is 8.54. The molecule has 1 aliphatic heterocycles. The number of carboxylic acids is 1. The second-order valence-corrected chi connectivity index (χ2v) is 6.82. The van der Waals surface area contributed by atoms with Crippen LogP contribution in [0.1, 0.15) is 29.8 Å². The predicted octanol–water partition coefficient (Wildman–Crippen LogP) is 4.97. The van der Waals surface area contributed by atoms with Gasteiger partial charge >= 0.3 is 5.97 Å². The van der Waals surface area contributed by atoms with Gasteiger partial charge in [0.2, 0.25) is 0 Å². The van der Waals surface area contributed by atoms with Crippen molar-refractivity contribution in [1.82, 2.24) is 4.57 Å². The summed E-state index contributed by atoms with van der Waals surface area (Å²) in [6.45, 7) is 1.77. The van der Waals surface area contributed by atoms with Crippen LogP contribution in [0.5, 0.6) is 0 Å². The molecule has 1 aromatic heterocycles. The van der Waals surface area contributed by atoms with E-state index in [1.807, 2.05) is 53.1 Å². The molecule has 1 aliphatic rings. The highest BCUT2D eigenvalue weighted by Crippen LogP contribution is 2.38. The Morgan fingerprint density at radius 2 is 1.72 bits per heavy atom. The molecule has 0 bridgehead atoms. The molecule has 0 aliphatic carbocycles. The van der Waals surface area contributed by atoms with E-state index in [2.05, 4.69) is 4.90 Å². The van der Waals surface area contributed by atoms with Gasteiger partial charge in [-0.1, -0.05) is 29.8 Å². The van der Waals surface area contributed by atoms with Crippen LogP contribution in [-0.4, -0.2) is 28.7 Å². The monoisotopic (exact) mass is 354 g/mol. The van der Waals surface area contributed by atoms with Gasteiger partial charge < -0.3 is 14.6 Å². The summed E-state index contributed by atoms with van der Waals surface area (Å²) in [7, 11) is 0. The number of piperidine rings is 1. The van der Waals surface area contributed by atoms with Crippen molar-refractivity contribution in [2.45, 2.75) is 19.3 Å². The fourth-order valence-corrected chi connectivity index (χ4v) is 3.89. The molecule has 5 heteroatoms. The Labute approximate surface area is 151 Å². The first-order valence-corrected chi connectivity index (χ1v) is 8.92. The average molecular weight is 355 g/mol. The number of carboxylic acid groups (broad SMARTS) is 1. The number of halogens is 1. The van der Waals surface area contributed by atoms with Crippen molar-refractivity contribution >= 4 is 34.2 Å². The maximum Gasteiger partial charge on any atom is 0.355 e. The molecule has 1 N–H and O–H groups in total. The van der Waals surface area contributed by atoms with Gasteiger partial charge in [-0.3, -0.25) is 0 Å². The Bertz CT molecular complexity index is 928. The van der Waals surface area contributed by atoms with Crippen LogP contribution < -0.4 is 4.90 Å². The lowest BCUT2D eigenvalue weighted by atomic mass is 10.1. The minimum atomic E-state index is -0.920. The van der Waals surface area contributed by atoms with Gasteiger partial charge in [-0.05, 0) is 49.6 Å². The Balaban J connectivity index is 2.07. The van der Waals surface area contributed by atoms with Gasteiger partial charge in [0, 0.05) is 29.2 Å². The van der Waals surface area contributed by atoms with E-state index in [0.717, 1.165) is 48.2 Å². The van der Waals surface area contributed by atoms with Crippen molar-refractivity contribution in [3.63, 3.8) is 0 Å². The topological polar surface area (TPSA) is 45.5 Å². The SMILES string of the molecule is O=C(O)c1c(N2CCCCC2)c2ccc(Cl)cc2n1-c1ccccc1. The van der Waals surface area contributed by atoms with Gasteiger partial charge in [0.1, 0.15) is 0 Å². The fraction of sp³-hybridized carbons (Fsp3) is 0.250. The highest BCUT2D eigenvalue weighted by molar-refractivity contribution is 6.31. The summed E-state index contributed by atoms with van der Waals surface area (Å²) in [6, 6.07) is 15.2. The maximum atomic E-state index is 12.2. The molecule has 4 rings (SSSR count). The molecule has 1 saturated heterocycles. The Hall–Kier alpha value is -2.46. The van der Waals surface area contributed by atoms with Gasteiger partial charge in [0.05, 0.1) is 11.2 Å². The van der Waals surface area contributed by atoms with E-state index in [-0.39, 0.29) is 0 Å². The summed E-state index contributed by atoms with van der Waals surface area (Å²) in [4.78, 5) is 14.4. The average Bonchev–Trinajstić information content (AvgIpc) is 2.97. The van der Waals surface area contributed by atoms with Gasteiger partial charge in [0.15, 0.2) is 5.69 Å². The number of aromatic carboxylic acids is 1. The largest absolute Gasteiger partial charge is 0.476 e. The molecule has 128 valence electrons. The van der Waals surface area contributed by atoms with Crippen LogP contribution in [0.4, 0.5) is 5.69 Å². The number of nitrogens with zero attached hydrogens (tertiary/aromatic N) is 2. The Morgan fingerprint density at radius 1 is 1.00 bits per heavy atom. The van der Waals surface area contributed by atoms with Gasteiger partial charge in [-0.25, -0.2) is 4.79 Å². The molecule has 3 aromatic rings. The summed E-state index contributed by atoms with van der Waals surface area (Å²) < 4.78 is 1.81. The number of hydrogen-bond donors (Lipinski definition) is 1. The van der Waals surface area contributed by atoms with Crippen LogP contribution in [0.3, 0.4) is 0 Å². The lowest BCUT2D eigenvalue weighted by Crippen LogP contribution is -2.30. The molecule has 0 radical (unpaired) electrons. The van der Waals surface area contributed by atoms with Crippen molar-refractivity contribution < 1.29 is 9.90 Å². The number of hydrogen-bond acceptors (Lipinski definition) is 2. The summed E-state index contributed by atoms with van der Waals surface area (Å²) in [5.74, 6) is -0.920. The van der Waals surface area contributed by atoms with Crippen molar-refractivity contribution in [3.8, 4) is 5.69 Å². The van der Waals surface area contributed by atoms with E-state index in [1.54, 1.807) is 0 Å². The zero-order valence-corrected chi connectivity index (χ0v) is 14.5. The predicted molar refractivity (Wildman–Crippen MR) is 101 cm³/mol. The molecule has 0 saturated carbocycles. The zero-order chi connectivity index (χ0) is 17.4. The van der Waals surface area contributed by atoms with Crippen molar-refractivity contribution in [2.24, 2.45) is 0 Å². The van der Waals surface area contributed by atoms with Crippen molar-refractivity contribution in [2.75, 3.05) is 18.0 Å². The van der Waals surface area contributed by atoms with E-state index in [0.29, 0.717) is 10.7 Å². The second-order valence-electron chi connectivity index (χ2n) is 6.38. The molecule has 2 heterocycles. The van der Waals surface area contributed by atoms with Gasteiger partial charge in [0.25, 0.3) is 0 Å². The summed E-state index contributed by atoms with van der Waals surface area (Å²) >= 11 is 6.23. The zero-order valence-electron chi connectivity index (χ0n) is 13.8. The van der Waals surface area contributed by atoms with E-state index >= 15 is 0 Å². The van der Waals surface area contributed by atoms with Crippen LogP contribution in [0.2, 0.25) is 5.02 Å². The third-order valence-corrected chi connectivity index (χ3v) is 5.03. The van der Waals surface area contributed by atoms with Gasteiger partial charge in [-0.15, -0.1) is 0 Å². The smallest absolute Gasteiger partial charge is 0.355 e. The molecule has 0 atom stereocenters. The van der Waals surface area contributed by atoms with E-state index in [9.17, 15) is 9.90 Å². The molecule has 0 unspecified atom stereocenters. The number of rotatable bonds is 3. The fourth-order valence-electron chi connectivity index (χ4n) is 3.72. The number of aromatic nitrogens is 1. The number of fused-ring (bicyclic) bond motifs is 1. The van der Waals surface area contributed by atoms with Crippen LogP contribution >= 0.6 is 11.6 Å². The van der Waals surface area contributed by atoms with E-state index in [4.69, 9.17) is 11.6 Å². The minimum absolute atomic E-state index is 0.311. The maximum absolute atomic E-state index is 12.2. The number of carbonyl (C=O) groups is 1. The highest BCUT2D eigenvalue weighted by atomic mass is 35.5. The number of anilines is 1. The molecular weight excluding hydrogens is 336 g/mol. The van der Waals surface area contributed by atoms with Crippen LogP contribution in [0.25, 0.3) is 16.6 Å². The summed E-state index contributed by atoms with van der Waals surface area (Å²) in [6.07, 6.45) is 3.37. The molecule has 0 spiro atoms. The Morgan fingerprint density at radius 3 is 2.40 bits per heavy atom. The molecule has 25 heavy (non-hydrogen) atoms. The molecule has 2 aromatic carbocycles. The molecule has 4 nitrogen and oxygen atoms in total. The van der Waals surface area contributed by atoms with Gasteiger partial charge in [-0.2, -0.15) is 0 Å². The molecule has 1 fully saturated rings. The second kappa shape index (κ2) is 6.45. The number of benzene rings is 2. The lowest BCUT2D eigenvalue weighted by Gasteiger charge is -2.29. The Kier molecular flexibility index (Phi) is 4.14. The lowest BCUT2D eigenvalue weighted by molar-refractivity contribution is 0.0689. The first kappa shape index (κ1) is 16.0. The van der Waals surface area contributed by atoms with Crippen LogP contribution in [-0.2, 0) is 0 Å². The first-order chi connectivity index (χ1) is 12.2. The number of para-hydroxylation sites is 1. The molecular formula is C20H19ClN2O2. The van der Waals surface area contributed by atoms with E-state index < -0.39 is 5.97 Å². The quantitative estimate of drug-likeness (QED) is 0.722. The van der Waals surface area contributed by atoms with Crippen LogP contribution in [0.15, 0.2) is 48.5 Å². The minimum Gasteiger partial charge on any atom is -0.476 e. The third kappa shape index (κ3) is 2.76. The molecule has 0 amide bonds. The van der Waals surface area contributed by atoms with Crippen LogP contribution in [0, 0.1) is 0 Å². The third-order valence-electron chi connectivity index (χ3n) is 4.79. The van der Waals surface area contributed by atoms with Crippen molar-refractivity contribution in [3.05, 3.63) is 59.2 Å². The summed E-state index contributed by atoms with van der Waals surface area (Å²) in [5.41, 5.74) is 2.78. The van der Waals surface area contributed by atoms with E-state index in [1.165, 1.54) is 6.42 Å². The highest BCUT2D eigenvalue weighted by Gasteiger charge is 2.28. The summed E-state index contributed by atoms with van der Waals surface area (Å²) in [5, 5.41) is 11.6. The standard InChI is InChI=1S/C20H19ClN2O2/c21-14-9-10-16-17(13-14)23(15-7-3-1-4-8-15)19(20(24)25)18(16)22-11-5-2-6-12-22/h1,3-4,7-10,13H,2,5-6,11-12H2,(H,24,25).